The number of hydrogen-bond acceptors (Lipinski definition) is 1. The molecule has 1 saturated carbocycles. The van der Waals surface area contributed by atoms with Crippen LogP contribution in [0.15, 0.2) is 24.3 Å². The van der Waals surface area contributed by atoms with Crippen molar-refractivity contribution in [2.24, 2.45) is 0 Å². The van der Waals surface area contributed by atoms with Gasteiger partial charge >= 0.3 is 0 Å². The molecule has 2 rings (SSSR count). The van der Waals surface area contributed by atoms with Crippen LogP contribution >= 0.6 is 0 Å². The second-order valence-electron chi connectivity index (χ2n) is 4.67. The lowest BCUT2D eigenvalue weighted by Gasteiger charge is -2.40. The summed E-state index contributed by atoms with van der Waals surface area (Å²) in [6.07, 6.45) is 5.70. The maximum Gasteiger partial charge on any atom is 0.0608 e. The summed E-state index contributed by atoms with van der Waals surface area (Å²) in [5.41, 5.74) is 1.17. The molecule has 1 nitrogen and oxygen atoms in total. The summed E-state index contributed by atoms with van der Waals surface area (Å²) in [5, 5.41) is 10.1. The lowest BCUT2D eigenvalue weighted by molar-refractivity contribution is 0.0684. The van der Waals surface area contributed by atoms with Crippen LogP contribution in [0, 0.1) is 6.07 Å². The molecule has 0 heterocycles. The van der Waals surface area contributed by atoms with Crippen molar-refractivity contribution >= 4 is 0 Å². The molecule has 1 fully saturated rings. The number of benzene rings is 1. The van der Waals surface area contributed by atoms with E-state index in [1.165, 1.54) is 24.8 Å². The minimum absolute atomic E-state index is 0.0283. The fourth-order valence-corrected chi connectivity index (χ4v) is 2.80. The van der Waals surface area contributed by atoms with Crippen molar-refractivity contribution in [1.82, 2.24) is 0 Å². The van der Waals surface area contributed by atoms with Crippen molar-refractivity contribution in [3.8, 4) is 0 Å². The van der Waals surface area contributed by atoms with Gasteiger partial charge in [0, 0.05) is 5.41 Å². The zero-order chi connectivity index (χ0) is 10.7. The van der Waals surface area contributed by atoms with Crippen LogP contribution in [0.4, 0.5) is 0 Å². The van der Waals surface area contributed by atoms with Crippen molar-refractivity contribution < 1.29 is 5.11 Å². The van der Waals surface area contributed by atoms with Crippen LogP contribution in [0.25, 0.3) is 0 Å². The zero-order valence-electron chi connectivity index (χ0n) is 9.37. The molecule has 1 atom stereocenters. The number of rotatable bonds is 2. The molecule has 0 saturated heterocycles. The topological polar surface area (TPSA) is 20.2 Å². The van der Waals surface area contributed by atoms with E-state index in [0.717, 1.165) is 12.8 Å². The van der Waals surface area contributed by atoms with Crippen LogP contribution in [0.5, 0.6) is 0 Å². The van der Waals surface area contributed by atoms with E-state index < -0.39 is 0 Å². The van der Waals surface area contributed by atoms with Gasteiger partial charge in [0.1, 0.15) is 0 Å². The minimum atomic E-state index is -0.267. The average molecular weight is 203 g/mol. The normalized spacial score (nSPS) is 22.3. The molecule has 1 N–H and O–H groups in total. The number of aliphatic hydroxyl groups excluding tert-OH is 1. The van der Waals surface area contributed by atoms with Crippen LogP contribution in [0.1, 0.15) is 44.6 Å². The summed E-state index contributed by atoms with van der Waals surface area (Å²) in [5.74, 6) is 0. The van der Waals surface area contributed by atoms with Crippen LogP contribution in [-0.2, 0) is 5.41 Å². The largest absolute Gasteiger partial charge is 0.392 e. The van der Waals surface area contributed by atoms with Crippen molar-refractivity contribution in [1.29, 1.82) is 0 Å². The lowest BCUT2D eigenvalue weighted by Crippen LogP contribution is -2.39. The molecule has 1 radical (unpaired) electrons. The van der Waals surface area contributed by atoms with Gasteiger partial charge in [-0.05, 0) is 31.4 Å². The highest BCUT2D eigenvalue weighted by Crippen LogP contribution is 2.41. The molecule has 0 aliphatic heterocycles. The third-order valence-corrected chi connectivity index (χ3v) is 3.79. The highest BCUT2D eigenvalue weighted by molar-refractivity contribution is 5.26. The smallest absolute Gasteiger partial charge is 0.0608 e. The van der Waals surface area contributed by atoms with E-state index in [4.69, 9.17) is 0 Å². The fourth-order valence-electron chi connectivity index (χ4n) is 2.80. The van der Waals surface area contributed by atoms with Gasteiger partial charge in [0.2, 0.25) is 0 Å². The van der Waals surface area contributed by atoms with E-state index in [-0.39, 0.29) is 11.5 Å². The molecule has 1 heteroatoms. The Morgan fingerprint density at radius 2 is 2.00 bits per heavy atom. The third-order valence-electron chi connectivity index (χ3n) is 3.79. The first-order valence-corrected chi connectivity index (χ1v) is 5.91. The highest BCUT2D eigenvalue weighted by Gasteiger charge is 2.38. The Bertz CT molecular complexity index is 296. The first-order valence-electron chi connectivity index (χ1n) is 5.91. The summed E-state index contributed by atoms with van der Waals surface area (Å²) < 4.78 is 0. The molecule has 15 heavy (non-hydrogen) atoms. The maximum atomic E-state index is 10.1. The molecular weight excluding hydrogens is 184 g/mol. The van der Waals surface area contributed by atoms with Gasteiger partial charge in [-0.25, -0.2) is 0 Å². The molecule has 1 unspecified atom stereocenters. The third kappa shape index (κ3) is 1.93. The van der Waals surface area contributed by atoms with Crippen molar-refractivity contribution in [2.45, 2.75) is 50.5 Å². The van der Waals surface area contributed by atoms with Crippen molar-refractivity contribution in [3.05, 3.63) is 35.9 Å². The first kappa shape index (κ1) is 10.7. The summed E-state index contributed by atoms with van der Waals surface area (Å²) in [7, 11) is 0. The minimum Gasteiger partial charge on any atom is -0.392 e. The van der Waals surface area contributed by atoms with Crippen LogP contribution in [0.2, 0.25) is 0 Å². The Morgan fingerprint density at radius 3 is 2.53 bits per heavy atom. The summed E-state index contributed by atoms with van der Waals surface area (Å²) in [4.78, 5) is 0. The van der Waals surface area contributed by atoms with E-state index in [2.05, 4.69) is 12.1 Å². The predicted octanol–water partition coefficient (Wildman–Crippen LogP) is 3.07. The van der Waals surface area contributed by atoms with Gasteiger partial charge in [0.05, 0.1) is 6.10 Å². The average Bonchev–Trinajstić information content (AvgIpc) is 2.31. The molecule has 0 bridgehead atoms. The van der Waals surface area contributed by atoms with E-state index in [1.807, 2.05) is 25.1 Å². The summed E-state index contributed by atoms with van der Waals surface area (Å²) >= 11 is 0. The van der Waals surface area contributed by atoms with Crippen LogP contribution in [-0.4, -0.2) is 11.2 Å². The Hall–Kier alpha value is -0.820. The molecule has 81 valence electrons. The van der Waals surface area contributed by atoms with Crippen molar-refractivity contribution in [2.75, 3.05) is 0 Å². The van der Waals surface area contributed by atoms with E-state index in [0.29, 0.717) is 0 Å². The van der Waals surface area contributed by atoms with Crippen LogP contribution in [0.3, 0.4) is 0 Å². The summed E-state index contributed by atoms with van der Waals surface area (Å²) in [6, 6.07) is 11.4. The van der Waals surface area contributed by atoms with E-state index >= 15 is 0 Å². The van der Waals surface area contributed by atoms with E-state index in [1.54, 1.807) is 0 Å². The Labute approximate surface area is 92.1 Å². The second-order valence-corrected chi connectivity index (χ2v) is 4.67. The number of aliphatic hydroxyl groups is 1. The molecule has 1 aromatic rings. The number of hydrogen-bond donors (Lipinski definition) is 1. The molecule has 1 aromatic carbocycles. The molecule has 0 aromatic heterocycles. The zero-order valence-corrected chi connectivity index (χ0v) is 9.37. The monoisotopic (exact) mass is 203 g/mol. The first-order chi connectivity index (χ1) is 7.26. The standard InChI is InChI=1S/C14H19O/c1-12(15)14(10-6-3-7-11-14)13-8-4-2-5-9-13/h2,4-5,8,12,15H,3,6-7,10-11H2,1H3. The van der Waals surface area contributed by atoms with Gasteiger partial charge in [-0.3, -0.25) is 0 Å². The van der Waals surface area contributed by atoms with Gasteiger partial charge in [0.25, 0.3) is 0 Å². The van der Waals surface area contributed by atoms with Crippen LogP contribution < -0.4 is 0 Å². The van der Waals surface area contributed by atoms with Gasteiger partial charge in [0.15, 0.2) is 0 Å². The van der Waals surface area contributed by atoms with Gasteiger partial charge in [-0.15, -0.1) is 0 Å². The molecule has 1 aliphatic carbocycles. The Kier molecular flexibility index (Phi) is 3.11. The maximum absolute atomic E-state index is 10.1. The molecule has 0 spiro atoms. The quantitative estimate of drug-likeness (QED) is 0.783. The SMILES string of the molecule is CC(O)C1(c2[c]cccc2)CCCCC1. The fraction of sp³-hybridized carbons (Fsp3) is 0.571. The summed E-state index contributed by atoms with van der Waals surface area (Å²) in [6.45, 7) is 1.92. The van der Waals surface area contributed by atoms with E-state index in [9.17, 15) is 5.11 Å². The van der Waals surface area contributed by atoms with Gasteiger partial charge in [-0.1, -0.05) is 43.5 Å². The lowest BCUT2D eigenvalue weighted by atomic mass is 9.66. The Balaban J connectivity index is 2.34. The Morgan fingerprint density at radius 1 is 1.27 bits per heavy atom. The predicted molar refractivity (Wildman–Crippen MR) is 61.7 cm³/mol. The van der Waals surface area contributed by atoms with Crippen molar-refractivity contribution in [3.63, 3.8) is 0 Å². The molecule has 1 aliphatic rings. The van der Waals surface area contributed by atoms with Gasteiger partial charge in [-0.2, -0.15) is 0 Å². The molecule has 0 amide bonds. The molecular formula is C14H19O. The second kappa shape index (κ2) is 4.36. The highest BCUT2D eigenvalue weighted by atomic mass is 16.3. The van der Waals surface area contributed by atoms with Gasteiger partial charge < -0.3 is 5.11 Å².